The fourth-order valence-electron chi connectivity index (χ4n) is 22.3. The normalized spacial score (nSPS) is 12.0. The van der Waals surface area contributed by atoms with Crippen LogP contribution in [0.2, 0.25) is 0 Å². The number of hydrogen-bond acceptors (Lipinski definition) is 9. The summed E-state index contributed by atoms with van der Waals surface area (Å²) in [5.41, 5.74) is 38.4. The summed E-state index contributed by atoms with van der Waals surface area (Å²) in [5, 5.41) is 12.7. The van der Waals surface area contributed by atoms with Crippen molar-refractivity contribution in [1.29, 1.82) is 0 Å². The number of nitrogens with zero attached hydrogens (tertiary/aromatic N) is 10. The van der Waals surface area contributed by atoms with Crippen molar-refractivity contribution in [1.82, 2.24) is 43.6 Å². The molecule has 0 unspecified atom stereocenters. The number of fused-ring (bicyclic) bond motifs is 8. The average molecular weight is 1790 g/mol. The molecule has 3 aliphatic carbocycles. The maximum Gasteiger partial charge on any atom is 0.409 e. The van der Waals surface area contributed by atoms with E-state index in [2.05, 4.69) is 401 Å². The Balaban J connectivity index is 0.000000101. The van der Waals surface area contributed by atoms with Gasteiger partial charge in [-0.2, -0.15) is 4.57 Å². The molecule has 0 spiro atoms. The van der Waals surface area contributed by atoms with Crippen LogP contribution in [0.25, 0.3) is 290 Å². The van der Waals surface area contributed by atoms with Crippen molar-refractivity contribution in [2.24, 2.45) is 0 Å². The highest BCUT2D eigenvalue weighted by Gasteiger charge is 2.38. The van der Waals surface area contributed by atoms with Crippen LogP contribution in [0.4, 0.5) is 0 Å². The molecule has 9 aromatic heterocycles. The molecule has 0 amide bonds. The van der Waals surface area contributed by atoms with Crippen molar-refractivity contribution in [2.45, 2.75) is 0 Å². The number of hydrogen-bond donors (Lipinski definition) is 0. The first-order valence-electron chi connectivity index (χ1n) is 47.2. The highest BCUT2D eigenvalue weighted by Crippen LogP contribution is 2.59. The van der Waals surface area contributed by atoms with Crippen LogP contribution in [0.15, 0.2) is 468 Å². The van der Waals surface area contributed by atoms with Crippen molar-refractivity contribution in [3.63, 3.8) is 0 Å². The number of para-hydroxylation sites is 3. The van der Waals surface area contributed by atoms with Gasteiger partial charge in [0.1, 0.15) is 50.4 Å². The molecular weight excluding hydrogens is 1710 g/mol. The molecule has 31 rings (SSSR count). The van der Waals surface area contributed by atoms with E-state index in [1.807, 2.05) is 72.8 Å². The van der Waals surface area contributed by atoms with Gasteiger partial charge >= 0.3 is 5.95 Å². The Morgan fingerprint density at radius 1 is 0.207 bits per heavy atom. The highest BCUT2D eigenvalue weighted by molar-refractivity contribution is 6.31. The van der Waals surface area contributed by atoms with Gasteiger partial charge in [0.05, 0.1) is 39.8 Å². The fourth-order valence-corrected chi connectivity index (χ4v) is 22.3. The zero-order chi connectivity index (χ0) is 91.7. The van der Waals surface area contributed by atoms with E-state index in [1.165, 1.54) is 93.5 Å². The molecule has 0 atom stereocenters. The Bertz CT molecular complexity index is 9930. The predicted molar refractivity (Wildman–Crippen MR) is 566 cm³/mol. The van der Waals surface area contributed by atoms with Gasteiger partial charge in [-0.05, 0) is 170 Å². The fraction of sp³-hybridized carbons (Fsp3) is 0. The lowest BCUT2D eigenvalue weighted by Crippen LogP contribution is -2.37. The van der Waals surface area contributed by atoms with Crippen molar-refractivity contribution >= 4 is 120 Å². The molecule has 19 aromatic carbocycles. The number of aromatic nitrogens is 10. The van der Waals surface area contributed by atoms with Gasteiger partial charge in [0, 0.05) is 109 Å². The van der Waals surface area contributed by atoms with Crippen LogP contribution in [0.3, 0.4) is 0 Å². The van der Waals surface area contributed by atoms with Gasteiger partial charge < -0.3 is 17.8 Å². The summed E-state index contributed by atoms with van der Waals surface area (Å²) in [7, 11) is 0. The molecular formula is C127H75N10O3+. The topological polar surface area (TPSA) is 135 Å². The van der Waals surface area contributed by atoms with E-state index in [9.17, 15) is 0 Å². The third-order valence-electron chi connectivity index (χ3n) is 28.2. The zero-order valence-corrected chi connectivity index (χ0v) is 75.0. The summed E-state index contributed by atoms with van der Waals surface area (Å²) in [6.45, 7) is 0. The molecule has 140 heavy (non-hydrogen) atoms. The summed E-state index contributed by atoms with van der Waals surface area (Å²) in [4.78, 5) is 30.9. The molecule has 0 saturated carbocycles. The van der Waals surface area contributed by atoms with Gasteiger partial charge in [-0.15, -0.1) is 0 Å². The lowest BCUT2D eigenvalue weighted by molar-refractivity contribution is -0.591. The van der Waals surface area contributed by atoms with Crippen molar-refractivity contribution in [3.05, 3.63) is 455 Å². The summed E-state index contributed by atoms with van der Waals surface area (Å²) in [6, 6.07) is 157. The third-order valence-corrected chi connectivity index (χ3v) is 28.2. The molecule has 13 nitrogen and oxygen atoms in total. The molecule has 0 N–H and O–H groups in total. The van der Waals surface area contributed by atoms with E-state index < -0.39 is 0 Å². The number of rotatable bonds is 11. The molecule has 9 heterocycles. The Morgan fingerprint density at radius 3 is 0.950 bits per heavy atom. The SMILES string of the molecule is c1ccc(-c2c3c4c(cccc4n2-c2nc4ccccc4c[n+]2-c2ccccc2)-c2cccc4oc5cccc-3c5c24)cc1.c1ccc(-c2nc(-c3ccccc3)nc(-c3ccc(-n4c(-c5ccccc5)c5c6c(cccc64)-c4cccc6oc7cccc-5c7c46)cc3)n2)cc1.c1ccc(-c2nc(-n3c(-c4ccccc4)c4c5c(cccc53)-c3cccc5oc6cccc-4c6c35)nc3ccccc23)cc1. The summed E-state index contributed by atoms with van der Waals surface area (Å²) in [6.07, 6.45) is 2.21. The van der Waals surface area contributed by atoms with Gasteiger partial charge in [0.25, 0.3) is 0 Å². The molecule has 650 valence electrons. The molecule has 13 heteroatoms. The highest BCUT2D eigenvalue weighted by atomic mass is 16.3. The van der Waals surface area contributed by atoms with Crippen LogP contribution in [-0.2, 0) is 0 Å². The quantitative estimate of drug-likeness (QED) is 0.116. The molecule has 0 radical (unpaired) electrons. The van der Waals surface area contributed by atoms with Gasteiger partial charge in [-0.1, -0.05) is 345 Å². The average Bonchev–Trinajstić information content (AvgIpc) is 1.48. The largest absolute Gasteiger partial charge is 0.456 e. The minimum atomic E-state index is 0.629. The van der Waals surface area contributed by atoms with Crippen LogP contribution in [-0.4, -0.2) is 43.6 Å². The second-order valence-corrected chi connectivity index (χ2v) is 35.9. The maximum atomic E-state index is 6.46. The maximum absolute atomic E-state index is 6.46. The second kappa shape index (κ2) is 31.2. The van der Waals surface area contributed by atoms with Crippen molar-refractivity contribution < 1.29 is 17.8 Å². The molecule has 0 bridgehead atoms. The van der Waals surface area contributed by atoms with Crippen molar-refractivity contribution in [3.8, 4) is 169 Å². The minimum Gasteiger partial charge on any atom is -0.456 e. The van der Waals surface area contributed by atoms with E-state index in [-0.39, 0.29) is 0 Å². The molecule has 0 fully saturated rings. The van der Waals surface area contributed by atoms with Crippen molar-refractivity contribution in [2.75, 3.05) is 0 Å². The van der Waals surface area contributed by atoms with Gasteiger partial charge in [0.2, 0.25) is 5.95 Å². The molecule has 3 aliphatic rings. The molecule has 0 saturated heterocycles. The smallest absolute Gasteiger partial charge is 0.409 e. The van der Waals surface area contributed by atoms with Crippen LogP contribution in [0.1, 0.15) is 0 Å². The predicted octanol–water partition coefficient (Wildman–Crippen LogP) is 32.2. The number of furan rings is 3. The lowest BCUT2D eigenvalue weighted by atomic mass is 9.95. The van der Waals surface area contributed by atoms with Crippen LogP contribution >= 0.6 is 0 Å². The van der Waals surface area contributed by atoms with E-state index in [0.29, 0.717) is 23.4 Å². The Hall–Kier alpha value is -19.1. The Kier molecular flexibility index (Phi) is 17.5. The standard InChI is InChI=1S/C47H28N4O.C40H24N3O.C40H23N3O/c1-4-13-29(14-5-1)44-43-36-21-12-24-39-42(36)41-35(20-11-23-38(41)52-39)34-19-10-22-37(40(34)43)51(44)33-27-25-32(26-28-33)47-49-45(30-15-6-2-7-16-30)48-46(50-47)31-17-8-3-9-18-31;1-3-12-25(13-4-1)39-38-30-19-11-23-34-37(30)36-29(18-10-22-33(36)44-34)28-17-9-21-32(35(28)38)43(39)40-41-31-20-8-7-14-26(31)24-42(40)27-15-5-2-6-16-27;1-3-12-24(13-4-1)38-28-16-7-8-20-30(28)41-40(42-38)43-31-21-9-17-26-27-18-10-22-32-35(27)36-29(19-11-23-33(36)44-32)37(34(26)31)39(43)25-14-5-2-6-15-25/h1-28H;1-24H;1-23H/q;+1;. The first-order valence-corrected chi connectivity index (χ1v) is 47.2. The van der Waals surface area contributed by atoms with E-state index in [0.717, 1.165) is 173 Å². The van der Waals surface area contributed by atoms with Crippen LogP contribution in [0.5, 0.6) is 0 Å². The first-order chi connectivity index (χ1) is 69.5. The first kappa shape index (κ1) is 78.4. The second-order valence-electron chi connectivity index (χ2n) is 35.9. The Morgan fingerprint density at radius 2 is 0.521 bits per heavy atom. The number of benzene rings is 19. The summed E-state index contributed by atoms with van der Waals surface area (Å²) >= 11 is 0. The molecule has 28 aromatic rings. The molecule has 0 aliphatic heterocycles. The summed E-state index contributed by atoms with van der Waals surface area (Å²) in [5.74, 6) is 3.40. The van der Waals surface area contributed by atoms with E-state index >= 15 is 0 Å². The summed E-state index contributed by atoms with van der Waals surface area (Å²) < 4.78 is 28.6. The van der Waals surface area contributed by atoms with Gasteiger partial charge in [-0.25, -0.2) is 29.5 Å². The van der Waals surface area contributed by atoms with E-state index in [4.69, 9.17) is 43.2 Å². The zero-order valence-electron chi connectivity index (χ0n) is 75.0. The van der Waals surface area contributed by atoms with Gasteiger partial charge in [-0.3, -0.25) is 4.57 Å². The third kappa shape index (κ3) is 12.0. The monoisotopic (exact) mass is 1790 g/mol. The van der Waals surface area contributed by atoms with E-state index in [1.54, 1.807) is 0 Å². The van der Waals surface area contributed by atoms with Gasteiger partial charge in [0.15, 0.2) is 23.0 Å². The van der Waals surface area contributed by atoms with Crippen LogP contribution < -0.4 is 4.57 Å². The lowest BCUT2D eigenvalue weighted by Gasteiger charge is -2.15. The minimum absolute atomic E-state index is 0.629. The Labute approximate surface area is 800 Å². The van der Waals surface area contributed by atoms with Crippen LogP contribution in [0, 0.1) is 0 Å².